The molecule has 24 heavy (non-hydrogen) atoms. The minimum absolute atomic E-state index is 0.0437. The normalized spacial score (nSPS) is 12.0. The monoisotopic (exact) mass is 366 g/mol. The standard InChI is InChI=1S/C16H22N4O2S2/c1-10-5-6-11(2)13(9-10)18-14(21)12(3)23-16-20-19-15(24-16)17-7-8-22-4/h5-6,9,12H,7-8H2,1-4H3,(H,17,19)(H,18,21)/t12-/m1/s1. The molecule has 6 nitrogen and oxygen atoms in total. The Balaban J connectivity index is 1.90. The number of aryl methyl sites for hydroxylation is 2. The molecule has 1 atom stereocenters. The molecule has 0 radical (unpaired) electrons. The van der Waals surface area contributed by atoms with Crippen LogP contribution in [0.25, 0.3) is 0 Å². The highest BCUT2D eigenvalue weighted by atomic mass is 32.2. The van der Waals surface area contributed by atoms with Gasteiger partial charge in [0.1, 0.15) is 0 Å². The Morgan fingerprint density at radius 1 is 1.38 bits per heavy atom. The van der Waals surface area contributed by atoms with Crippen molar-refractivity contribution in [3.63, 3.8) is 0 Å². The highest BCUT2D eigenvalue weighted by molar-refractivity contribution is 8.02. The van der Waals surface area contributed by atoms with E-state index in [9.17, 15) is 4.79 Å². The van der Waals surface area contributed by atoms with Crippen molar-refractivity contribution < 1.29 is 9.53 Å². The summed E-state index contributed by atoms with van der Waals surface area (Å²) in [5.41, 5.74) is 3.02. The Hall–Kier alpha value is -1.64. The Labute approximate surface area is 150 Å². The summed E-state index contributed by atoms with van der Waals surface area (Å²) in [7, 11) is 1.65. The number of hydrogen-bond acceptors (Lipinski definition) is 7. The number of anilines is 2. The van der Waals surface area contributed by atoms with Crippen molar-refractivity contribution >= 4 is 39.8 Å². The van der Waals surface area contributed by atoms with E-state index in [0.29, 0.717) is 13.2 Å². The van der Waals surface area contributed by atoms with E-state index in [4.69, 9.17) is 4.74 Å². The predicted octanol–water partition coefficient (Wildman–Crippen LogP) is 3.33. The molecule has 0 unspecified atom stereocenters. The Bertz CT molecular complexity index is 690. The van der Waals surface area contributed by atoms with Gasteiger partial charge in [-0.3, -0.25) is 4.79 Å². The number of carbonyl (C=O) groups is 1. The van der Waals surface area contributed by atoms with Crippen LogP contribution in [0.4, 0.5) is 10.8 Å². The van der Waals surface area contributed by atoms with Gasteiger partial charge >= 0.3 is 0 Å². The molecule has 1 amide bonds. The van der Waals surface area contributed by atoms with Crippen LogP contribution in [-0.2, 0) is 9.53 Å². The second-order valence-electron chi connectivity index (χ2n) is 5.36. The molecule has 0 saturated carbocycles. The average molecular weight is 367 g/mol. The SMILES string of the molecule is COCCNc1nnc(S[C@H](C)C(=O)Nc2cc(C)ccc2C)s1. The van der Waals surface area contributed by atoms with Gasteiger partial charge in [-0.15, -0.1) is 10.2 Å². The van der Waals surface area contributed by atoms with Gasteiger partial charge in [0.2, 0.25) is 11.0 Å². The van der Waals surface area contributed by atoms with Crippen LogP contribution in [0, 0.1) is 13.8 Å². The maximum atomic E-state index is 12.4. The minimum Gasteiger partial charge on any atom is -0.383 e. The zero-order valence-corrected chi connectivity index (χ0v) is 15.9. The molecule has 2 rings (SSSR count). The van der Waals surface area contributed by atoms with Crippen molar-refractivity contribution in [3.05, 3.63) is 29.3 Å². The number of ether oxygens (including phenoxy) is 1. The summed E-state index contributed by atoms with van der Waals surface area (Å²) in [6, 6.07) is 6.02. The lowest BCUT2D eigenvalue weighted by molar-refractivity contribution is -0.115. The van der Waals surface area contributed by atoms with Crippen molar-refractivity contribution in [1.82, 2.24) is 10.2 Å². The molecule has 0 saturated heterocycles. The lowest BCUT2D eigenvalue weighted by Gasteiger charge is -2.12. The van der Waals surface area contributed by atoms with Gasteiger partial charge in [-0.25, -0.2) is 0 Å². The van der Waals surface area contributed by atoms with Gasteiger partial charge in [0.25, 0.3) is 0 Å². The lowest BCUT2D eigenvalue weighted by atomic mass is 10.1. The molecular weight excluding hydrogens is 344 g/mol. The molecule has 0 aliphatic rings. The van der Waals surface area contributed by atoms with E-state index < -0.39 is 0 Å². The van der Waals surface area contributed by atoms with Crippen LogP contribution in [0.3, 0.4) is 0 Å². The largest absolute Gasteiger partial charge is 0.383 e. The summed E-state index contributed by atoms with van der Waals surface area (Å²) in [4.78, 5) is 12.4. The number of hydrogen-bond donors (Lipinski definition) is 2. The fraction of sp³-hybridized carbons (Fsp3) is 0.438. The van der Waals surface area contributed by atoms with Crippen molar-refractivity contribution in [2.75, 3.05) is 30.9 Å². The molecule has 2 N–H and O–H groups in total. The molecule has 0 fully saturated rings. The number of aromatic nitrogens is 2. The summed E-state index contributed by atoms with van der Waals surface area (Å²) in [6.07, 6.45) is 0. The van der Waals surface area contributed by atoms with Gasteiger partial charge < -0.3 is 15.4 Å². The molecule has 1 aromatic carbocycles. The summed E-state index contributed by atoms with van der Waals surface area (Å²) >= 11 is 2.84. The fourth-order valence-electron chi connectivity index (χ4n) is 1.90. The van der Waals surface area contributed by atoms with Gasteiger partial charge in [-0.1, -0.05) is 35.2 Å². The predicted molar refractivity (Wildman–Crippen MR) is 100 cm³/mol. The molecule has 2 aromatic rings. The number of nitrogens with one attached hydrogen (secondary N) is 2. The zero-order valence-electron chi connectivity index (χ0n) is 14.3. The third-order valence-electron chi connectivity index (χ3n) is 3.29. The summed E-state index contributed by atoms with van der Waals surface area (Å²) in [5.74, 6) is -0.0437. The highest BCUT2D eigenvalue weighted by Crippen LogP contribution is 2.29. The molecule has 1 heterocycles. The highest BCUT2D eigenvalue weighted by Gasteiger charge is 2.18. The number of carbonyl (C=O) groups excluding carboxylic acids is 1. The van der Waals surface area contributed by atoms with E-state index in [1.807, 2.05) is 39.0 Å². The maximum Gasteiger partial charge on any atom is 0.237 e. The van der Waals surface area contributed by atoms with Crippen LogP contribution in [0.15, 0.2) is 22.5 Å². The first-order valence-corrected chi connectivity index (χ1v) is 9.30. The Kier molecular flexibility index (Phi) is 7.01. The van der Waals surface area contributed by atoms with Crippen LogP contribution in [0.2, 0.25) is 0 Å². The fourth-order valence-corrected chi connectivity index (χ4v) is 3.82. The molecule has 0 aliphatic heterocycles. The summed E-state index contributed by atoms with van der Waals surface area (Å²) < 4.78 is 5.74. The van der Waals surface area contributed by atoms with Crippen LogP contribution in [-0.4, -0.2) is 41.6 Å². The molecular formula is C16H22N4O2S2. The molecule has 0 aliphatic carbocycles. The number of thioether (sulfide) groups is 1. The second kappa shape index (κ2) is 9.00. The third-order valence-corrected chi connectivity index (χ3v) is 5.35. The van der Waals surface area contributed by atoms with E-state index in [0.717, 1.165) is 26.3 Å². The third kappa shape index (κ3) is 5.47. The quantitative estimate of drug-likeness (QED) is 0.551. The summed E-state index contributed by atoms with van der Waals surface area (Å²) in [5, 5.41) is 14.7. The first kappa shape index (κ1) is 18.7. The molecule has 130 valence electrons. The van der Waals surface area contributed by atoms with Crippen molar-refractivity contribution in [3.8, 4) is 0 Å². The molecule has 8 heteroatoms. The van der Waals surface area contributed by atoms with Crippen molar-refractivity contribution in [2.24, 2.45) is 0 Å². The number of benzene rings is 1. The van der Waals surface area contributed by atoms with E-state index in [1.165, 1.54) is 23.1 Å². The smallest absolute Gasteiger partial charge is 0.237 e. The number of methoxy groups -OCH3 is 1. The van der Waals surface area contributed by atoms with Crippen LogP contribution < -0.4 is 10.6 Å². The van der Waals surface area contributed by atoms with Crippen LogP contribution >= 0.6 is 23.1 Å². The maximum absolute atomic E-state index is 12.4. The Morgan fingerprint density at radius 3 is 2.92 bits per heavy atom. The lowest BCUT2D eigenvalue weighted by Crippen LogP contribution is -2.22. The van der Waals surface area contributed by atoms with E-state index >= 15 is 0 Å². The zero-order chi connectivity index (χ0) is 17.5. The van der Waals surface area contributed by atoms with E-state index in [-0.39, 0.29) is 11.2 Å². The molecule has 1 aromatic heterocycles. The van der Waals surface area contributed by atoms with Gasteiger partial charge in [0, 0.05) is 19.3 Å². The first-order chi connectivity index (χ1) is 11.5. The van der Waals surface area contributed by atoms with Gasteiger partial charge in [0.05, 0.1) is 11.9 Å². The summed E-state index contributed by atoms with van der Waals surface area (Å²) in [6.45, 7) is 7.14. The average Bonchev–Trinajstić information content (AvgIpc) is 2.98. The number of amides is 1. The van der Waals surface area contributed by atoms with Crippen molar-refractivity contribution in [2.45, 2.75) is 30.4 Å². The van der Waals surface area contributed by atoms with Crippen molar-refractivity contribution in [1.29, 1.82) is 0 Å². The van der Waals surface area contributed by atoms with Gasteiger partial charge in [-0.2, -0.15) is 0 Å². The van der Waals surface area contributed by atoms with E-state index in [2.05, 4.69) is 20.8 Å². The number of rotatable bonds is 8. The van der Waals surface area contributed by atoms with Crippen LogP contribution in [0.5, 0.6) is 0 Å². The topological polar surface area (TPSA) is 76.1 Å². The Morgan fingerprint density at radius 2 is 2.17 bits per heavy atom. The van der Waals surface area contributed by atoms with Crippen LogP contribution in [0.1, 0.15) is 18.1 Å². The minimum atomic E-state index is -0.260. The molecule has 0 spiro atoms. The van der Waals surface area contributed by atoms with Gasteiger partial charge in [-0.05, 0) is 38.0 Å². The van der Waals surface area contributed by atoms with E-state index in [1.54, 1.807) is 7.11 Å². The number of nitrogens with zero attached hydrogens (tertiary/aromatic N) is 2. The first-order valence-electron chi connectivity index (χ1n) is 7.60. The molecule has 0 bridgehead atoms. The van der Waals surface area contributed by atoms with Gasteiger partial charge in [0.15, 0.2) is 4.34 Å². The second-order valence-corrected chi connectivity index (χ2v) is 7.93.